The van der Waals surface area contributed by atoms with Gasteiger partial charge in [0.1, 0.15) is 17.9 Å². The maximum absolute atomic E-state index is 12.4. The van der Waals surface area contributed by atoms with Crippen LogP contribution in [0.4, 0.5) is 22.1 Å². The highest BCUT2D eigenvalue weighted by Gasteiger charge is 2.20. The van der Waals surface area contributed by atoms with Gasteiger partial charge in [0.15, 0.2) is 5.82 Å². The third-order valence-electron chi connectivity index (χ3n) is 5.71. The first-order valence-electron chi connectivity index (χ1n) is 12.4. The van der Waals surface area contributed by atoms with Crippen molar-refractivity contribution in [2.75, 3.05) is 55.3 Å². The molecule has 2 amide bonds. The molecule has 2 aromatic heterocycles. The number of carbonyl (C=O) groups excluding carboxylic acids is 1. The lowest BCUT2D eigenvalue weighted by Gasteiger charge is -2.26. The number of hydrogen-bond acceptors (Lipinski definition) is 8. The summed E-state index contributed by atoms with van der Waals surface area (Å²) in [5.74, 6) is 8.03. The molecule has 3 heterocycles. The Morgan fingerprint density at radius 2 is 1.97 bits per heavy atom. The lowest BCUT2D eigenvalue weighted by atomic mass is 9.93. The van der Waals surface area contributed by atoms with Crippen LogP contribution in [0.2, 0.25) is 0 Å². The van der Waals surface area contributed by atoms with Crippen LogP contribution in [0.3, 0.4) is 0 Å². The van der Waals surface area contributed by atoms with Crippen LogP contribution >= 0.6 is 0 Å². The lowest BCUT2D eigenvalue weighted by Crippen LogP contribution is -2.37. The number of urea groups is 1. The third kappa shape index (κ3) is 8.03. The highest BCUT2D eigenvalue weighted by molar-refractivity contribution is 5.99. The van der Waals surface area contributed by atoms with Gasteiger partial charge < -0.3 is 19.9 Å². The molecule has 4 rings (SSSR count). The molecule has 194 valence electrons. The summed E-state index contributed by atoms with van der Waals surface area (Å²) in [6.07, 6.45) is 4.21. The van der Waals surface area contributed by atoms with Crippen LogP contribution < -0.4 is 16.0 Å². The van der Waals surface area contributed by atoms with Crippen molar-refractivity contribution in [2.45, 2.75) is 32.6 Å². The molecular weight excluding hydrogens is 470 g/mol. The van der Waals surface area contributed by atoms with Crippen LogP contribution in [0.25, 0.3) is 0 Å². The number of anilines is 3. The van der Waals surface area contributed by atoms with Crippen molar-refractivity contribution in [1.29, 1.82) is 0 Å². The molecular formula is C27H33N7O3. The van der Waals surface area contributed by atoms with Crippen LogP contribution in [-0.4, -0.2) is 65.4 Å². The van der Waals surface area contributed by atoms with Crippen LogP contribution in [0.5, 0.6) is 0 Å². The smallest absolute Gasteiger partial charge is 0.324 e. The lowest BCUT2D eigenvalue weighted by molar-refractivity contribution is 0.0378. The molecule has 1 saturated heterocycles. The number of ether oxygens (including phenoxy) is 1. The molecule has 3 N–H and O–H groups in total. The minimum atomic E-state index is -0.418. The number of carbonyl (C=O) groups is 1. The van der Waals surface area contributed by atoms with E-state index in [4.69, 9.17) is 9.26 Å². The number of morpholine rings is 1. The van der Waals surface area contributed by atoms with Crippen LogP contribution in [0.15, 0.2) is 47.4 Å². The number of aromatic nitrogens is 3. The van der Waals surface area contributed by atoms with Crippen molar-refractivity contribution in [3.05, 3.63) is 59.7 Å². The van der Waals surface area contributed by atoms with Crippen molar-refractivity contribution in [3.63, 3.8) is 0 Å². The van der Waals surface area contributed by atoms with Gasteiger partial charge in [-0.15, -0.1) is 0 Å². The average Bonchev–Trinajstić information content (AvgIpc) is 3.36. The molecule has 1 aromatic carbocycles. The van der Waals surface area contributed by atoms with Crippen molar-refractivity contribution >= 4 is 23.4 Å². The Labute approximate surface area is 217 Å². The van der Waals surface area contributed by atoms with E-state index in [1.807, 2.05) is 32.9 Å². The Bertz CT molecular complexity index is 1250. The van der Waals surface area contributed by atoms with Gasteiger partial charge >= 0.3 is 6.03 Å². The summed E-state index contributed by atoms with van der Waals surface area (Å²) in [6.45, 7) is 11.4. The van der Waals surface area contributed by atoms with Crippen molar-refractivity contribution in [1.82, 2.24) is 20.0 Å². The first-order chi connectivity index (χ1) is 17.9. The van der Waals surface area contributed by atoms with Crippen LogP contribution in [0, 0.1) is 11.8 Å². The zero-order chi connectivity index (χ0) is 26.1. The topological polar surface area (TPSA) is 117 Å². The van der Waals surface area contributed by atoms with Crippen LogP contribution in [-0.2, 0) is 10.2 Å². The maximum atomic E-state index is 12.4. The highest BCUT2D eigenvalue weighted by atomic mass is 16.5. The van der Waals surface area contributed by atoms with Gasteiger partial charge in [-0.3, -0.25) is 10.2 Å². The zero-order valence-electron chi connectivity index (χ0n) is 21.5. The first kappa shape index (κ1) is 26.1. The van der Waals surface area contributed by atoms with E-state index >= 15 is 0 Å². The number of hydrogen-bond donors (Lipinski definition) is 3. The molecule has 0 spiro atoms. The predicted octanol–water partition coefficient (Wildman–Crippen LogP) is 3.94. The van der Waals surface area contributed by atoms with E-state index in [9.17, 15) is 4.79 Å². The molecule has 10 nitrogen and oxygen atoms in total. The van der Waals surface area contributed by atoms with E-state index in [0.717, 1.165) is 51.4 Å². The molecule has 0 atom stereocenters. The van der Waals surface area contributed by atoms with E-state index in [0.29, 0.717) is 28.6 Å². The van der Waals surface area contributed by atoms with Crippen LogP contribution in [0.1, 0.15) is 44.1 Å². The van der Waals surface area contributed by atoms with E-state index in [2.05, 4.69) is 47.8 Å². The molecule has 1 aliphatic heterocycles. The van der Waals surface area contributed by atoms with Gasteiger partial charge in [0, 0.05) is 48.6 Å². The molecule has 3 aromatic rings. The predicted molar refractivity (Wildman–Crippen MR) is 143 cm³/mol. The number of rotatable bonds is 7. The van der Waals surface area contributed by atoms with Gasteiger partial charge in [-0.1, -0.05) is 43.8 Å². The van der Waals surface area contributed by atoms with Crippen molar-refractivity contribution < 1.29 is 14.1 Å². The normalized spacial score (nSPS) is 13.9. The number of amides is 2. The standard InChI is InChI=1S/C27H33N7O3/c1-27(2,3)23-17-24(33-37-23)32-26(35)31-22-7-4-6-20(16-22)8-9-21-18-28-19-30-25(21)29-10-5-11-34-12-14-36-15-13-34/h4,6-7,16-19H,5,10-15H2,1-3H3,(H,28,29,30)(H2,31,32,33,35). The highest BCUT2D eigenvalue weighted by Crippen LogP contribution is 2.24. The van der Waals surface area contributed by atoms with E-state index in [-0.39, 0.29) is 5.41 Å². The summed E-state index contributed by atoms with van der Waals surface area (Å²) >= 11 is 0. The molecule has 0 unspecified atom stereocenters. The molecule has 37 heavy (non-hydrogen) atoms. The average molecular weight is 504 g/mol. The molecule has 0 saturated carbocycles. The van der Waals surface area contributed by atoms with E-state index < -0.39 is 6.03 Å². The second-order valence-electron chi connectivity index (χ2n) is 9.76. The third-order valence-corrected chi connectivity index (χ3v) is 5.71. The Morgan fingerprint density at radius 1 is 1.14 bits per heavy atom. The summed E-state index contributed by atoms with van der Waals surface area (Å²) < 4.78 is 10.7. The summed E-state index contributed by atoms with van der Waals surface area (Å²) in [6, 6.07) is 8.61. The molecule has 1 aliphatic rings. The second-order valence-corrected chi connectivity index (χ2v) is 9.76. The summed E-state index contributed by atoms with van der Waals surface area (Å²) in [5, 5.41) is 12.8. The second kappa shape index (κ2) is 12.3. The van der Waals surface area contributed by atoms with Crippen molar-refractivity contribution in [2.24, 2.45) is 0 Å². The van der Waals surface area contributed by atoms with Gasteiger partial charge in [0.25, 0.3) is 0 Å². The van der Waals surface area contributed by atoms with E-state index in [1.54, 1.807) is 24.4 Å². The van der Waals surface area contributed by atoms with Gasteiger partial charge in [0.05, 0.1) is 18.8 Å². The zero-order valence-corrected chi connectivity index (χ0v) is 21.5. The molecule has 0 bridgehead atoms. The van der Waals surface area contributed by atoms with Gasteiger partial charge in [0.2, 0.25) is 0 Å². The minimum absolute atomic E-state index is 0.196. The summed E-state index contributed by atoms with van der Waals surface area (Å²) in [5.41, 5.74) is 1.87. The number of nitrogens with zero attached hydrogens (tertiary/aromatic N) is 4. The van der Waals surface area contributed by atoms with Gasteiger partial charge in [-0.05, 0) is 31.2 Å². The molecule has 1 fully saturated rings. The number of nitrogens with one attached hydrogen (secondary N) is 3. The van der Waals surface area contributed by atoms with Gasteiger partial charge in [-0.2, -0.15) is 0 Å². The first-order valence-corrected chi connectivity index (χ1v) is 12.4. The summed E-state index contributed by atoms with van der Waals surface area (Å²) in [7, 11) is 0. The quantitative estimate of drug-likeness (QED) is 0.328. The Morgan fingerprint density at radius 3 is 2.76 bits per heavy atom. The Hall–Kier alpha value is -3.94. The Kier molecular flexibility index (Phi) is 8.72. The van der Waals surface area contributed by atoms with E-state index in [1.165, 1.54) is 6.33 Å². The minimum Gasteiger partial charge on any atom is -0.379 e. The summed E-state index contributed by atoms with van der Waals surface area (Å²) in [4.78, 5) is 23.3. The fraction of sp³-hybridized carbons (Fsp3) is 0.407. The fourth-order valence-electron chi connectivity index (χ4n) is 3.68. The van der Waals surface area contributed by atoms with Gasteiger partial charge in [-0.25, -0.2) is 14.8 Å². The molecule has 0 radical (unpaired) electrons. The molecule has 0 aliphatic carbocycles. The maximum Gasteiger partial charge on any atom is 0.324 e. The molecule has 10 heteroatoms. The fourth-order valence-corrected chi connectivity index (χ4v) is 3.68. The Balaban J connectivity index is 1.32. The monoisotopic (exact) mass is 503 g/mol. The van der Waals surface area contributed by atoms with Crippen molar-refractivity contribution in [3.8, 4) is 11.8 Å². The number of benzene rings is 1. The largest absolute Gasteiger partial charge is 0.379 e. The SMILES string of the molecule is CC(C)(C)c1cc(NC(=O)Nc2cccc(C#Cc3cncnc3NCCCN3CCOCC3)c2)no1.